The maximum atomic E-state index is 13.0. The first-order valence-electron chi connectivity index (χ1n) is 10.0. The van der Waals surface area contributed by atoms with Gasteiger partial charge in [-0.25, -0.2) is 0 Å². The number of nitrogens with one attached hydrogen (secondary N) is 1. The summed E-state index contributed by atoms with van der Waals surface area (Å²) in [5, 5.41) is 7.17. The van der Waals surface area contributed by atoms with Crippen LogP contribution in [0.25, 0.3) is 21.5 Å². The Balaban J connectivity index is 1.32. The molecule has 30 heavy (non-hydrogen) atoms. The van der Waals surface area contributed by atoms with E-state index in [9.17, 15) is 9.59 Å². The molecule has 0 bridgehead atoms. The summed E-state index contributed by atoms with van der Waals surface area (Å²) < 4.78 is 0. The number of benzene rings is 4. The van der Waals surface area contributed by atoms with Crippen LogP contribution >= 0.6 is 0 Å². The molecule has 5 rings (SSSR count). The highest BCUT2D eigenvalue weighted by Gasteiger charge is 2.32. The normalized spacial score (nSPS) is 13.3. The highest BCUT2D eigenvalue weighted by Crippen LogP contribution is 2.30. The molecule has 4 aromatic carbocycles. The molecule has 0 unspecified atom stereocenters. The van der Waals surface area contributed by atoms with E-state index in [-0.39, 0.29) is 11.8 Å². The lowest BCUT2D eigenvalue weighted by atomic mass is 9.94. The molecule has 3 N–H and O–H groups in total. The number of hydrogen-bond donors (Lipinski definition) is 2. The molecule has 0 aliphatic carbocycles. The lowest BCUT2D eigenvalue weighted by molar-refractivity contribution is 0.0610. The maximum Gasteiger partial charge on any atom is 0.261 e. The number of imide groups is 1. The second kappa shape index (κ2) is 7.19. The molecular weight excluding hydrogens is 374 g/mol. The van der Waals surface area contributed by atoms with Gasteiger partial charge in [-0.1, -0.05) is 48.5 Å². The second-order valence-corrected chi connectivity index (χ2v) is 7.50. The fourth-order valence-corrected chi connectivity index (χ4v) is 4.22. The first-order chi connectivity index (χ1) is 14.6. The van der Waals surface area contributed by atoms with Crippen molar-refractivity contribution >= 4 is 44.7 Å². The van der Waals surface area contributed by atoms with Gasteiger partial charge < -0.3 is 11.1 Å². The zero-order chi connectivity index (χ0) is 20.7. The Labute approximate surface area is 174 Å². The number of nitrogens with two attached hydrogens (primary N) is 1. The summed E-state index contributed by atoms with van der Waals surface area (Å²) >= 11 is 0. The van der Waals surface area contributed by atoms with Gasteiger partial charge in [0.2, 0.25) is 0 Å². The van der Waals surface area contributed by atoms with Crippen LogP contribution in [0.2, 0.25) is 0 Å². The average molecular weight is 395 g/mol. The van der Waals surface area contributed by atoms with Crippen molar-refractivity contribution in [3.63, 3.8) is 0 Å². The Morgan fingerprint density at radius 1 is 0.767 bits per heavy atom. The smallest absolute Gasteiger partial charge is 0.261 e. The third kappa shape index (κ3) is 2.87. The van der Waals surface area contributed by atoms with Crippen molar-refractivity contribution in [3.8, 4) is 0 Å². The van der Waals surface area contributed by atoms with Gasteiger partial charge in [-0.3, -0.25) is 14.5 Å². The Hall–Kier alpha value is -3.86. The van der Waals surface area contributed by atoms with Gasteiger partial charge in [0.05, 0.1) is 0 Å². The van der Waals surface area contributed by atoms with Crippen LogP contribution in [0.3, 0.4) is 0 Å². The van der Waals surface area contributed by atoms with E-state index in [4.69, 9.17) is 5.73 Å². The standard InChI is InChI=1S/C25H21N3O2/c26-21-12-13-22(18-9-2-1-8-17(18)21)27-14-5-15-28-24(29)19-10-3-6-16-7-4-11-20(23(16)19)25(28)30/h1-4,6-13,27H,5,14-15,26H2. The van der Waals surface area contributed by atoms with Crippen molar-refractivity contribution in [1.29, 1.82) is 0 Å². The van der Waals surface area contributed by atoms with E-state index in [0.29, 0.717) is 30.6 Å². The summed E-state index contributed by atoms with van der Waals surface area (Å²) in [4.78, 5) is 27.3. The van der Waals surface area contributed by atoms with Crippen molar-refractivity contribution in [1.82, 2.24) is 4.90 Å². The van der Waals surface area contributed by atoms with Gasteiger partial charge in [0.25, 0.3) is 11.8 Å². The molecule has 1 aliphatic heterocycles. The largest absolute Gasteiger partial charge is 0.398 e. The van der Waals surface area contributed by atoms with E-state index in [2.05, 4.69) is 5.32 Å². The van der Waals surface area contributed by atoms with E-state index in [1.807, 2.05) is 60.7 Å². The molecule has 0 atom stereocenters. The summed E-state index contributed by atoms with van der Waals surface area (Å²) in [6, 6.07) is 23.0. The first kappa shape index (κ1) is 18.2. The molecule has 0 saturated heterocycles. The van der Waals surface area contributed by atoms with Gasteiger partial charge >= 0.3 is 0 Å². The lowest BCUT2D eigenvalue weighted by Crippen LogP contribution is -2.41. The number of amides is 2. The number of nitrogen functional groups attached to an aromatic ring is 1. The summed E-state index contributed by atoms with van der Waals surface area (Å²) in [7, 11) is 0. The molecule has 2 amide bonds. The maximum absolute atomic E-state index is 13.0. The molecule has 1 aliphatic rings. The molecule has 1 heterocycles. The quantitative estimate of drug-likeness (QED) is 0.292. The molecule has 0 saturated carbocycles. The van der Waals surface area contributed by atoms with E-state index in [0.717, 1.165) is 32.9 Å². The molecule has 0 spiro atoms. The van der Waals surface area contributed by atoms with E-state index < -0.39 is 0 Å². The van der Waals surface area contributed by atoms with Gasteiger partial charge in [0, 0.05) is 51.7 Å². The Morgan fingerprint density at radius 3 is 2.13 bits per heavy atom. The van der Waals surface area contributed by atoms with Crippen LogP contribution in [0, 0.1) is 0 Å². The highest BCUT2D eigenvalue weighted by atomic mass is 16.2. The number of hydrogen-bond acceptors (Lipinski definition) is 4. The minimum Gasteiger partial charge on any atom is -0.398 e. The Morgan fingerprint density at radius 2 is 1.43 bits per heavy atom. The van der Waals surface area contributed by atoms with E-state index in [1.165, 1.54) is 4.90 Å². The van der Waals surface area contributed by atoms with Gasteiger partial charge in [0.15, 0.2) is 0 Å². The fourth-order valence-electron chi connectivity index (χ4n) is 4.22. The molecule has 5 heteroatoms. The van der Waals surface area contributed by atoms with Crippen molar-refractivity contribution < 1.29 is 9.59 Å². The Bertz CT molecular complexity index is 1260. The summed E-state index contributed by atoms with van der Waals surface area (Å²) in [6.45, 7) is 0.999. The molecular formula is C25H21N3O2. The van der Waals surface area contributed by atoms with Gasteiger partial charge in [-0.2, -0.15) is 0 Å². The zero-order valence-corrected chi connectivity index (χ0v) is 16.4. The van der Waals surface area contributed by atoms with Crippen LogP contribution in [-0.4, -0.2) is 29.8 Å². The van der Waals surface area contributed by atoms with Crippen LogP contribution in [0.4, 0.5) is 11.4 Å². The molecule has 148 valence electrons. The minimum atomic E-state index is -0.220. The Kier molecular flexibility index (Phi) is 4.36. The van der Waals surface area contributed by atoms with Crippen molar-refractivity contribution in [3.05, 3.63) is 83.9 Å². The first-order valence-corrected chi connectivity index (χ1v) is 10.0. The van der Waals surface area contributed by atoms with Gasteiger partial charge in [-0.15, -0.1) is 0 Å². The number of anilines is 2. The number of nitrogens with zero attached hydrogens (tertiary/aromatic N) is 1. The third-order valence-corrected chi connectivity index (χ3v) is 5.69. The molecule has 0 fully saturated rings. The summed E-state index contributed by atoms with van der Waals surface area (Å²) in [5.41, 5.74) is 9.00. The predicted molar refractivity (Wildman–Crippen MR) is 121 cm³/mol. The molecule has 5 nitrogen and oxygen atoms in total. The van der Waals surface area contributed by atoms with Crippen LogP contribution in [0.15, 0.2) is 72.8 Å². The number of fused-ring (bicyclic) bond motifs is 1. The molecule has 0 radical (unpaired) electrons. The molecule has 4 aromatic rings. The monoisotopic (exact) mass is 395 g/mol. The van der Waals surface area contributed by atoms with E-state index in [1.54, 1.807) is 12.1 Å². The topological polar surface area (TPSA) is 75.4 Å². The SMILES string of the molecule is Nc1ccc(NCCCN2C(=O)c3cccc4cccc(c34)C2=O)c2ccccc12. The van der Waals surface area contributed by atoms with Crippen molar-refractivity contribution in [2.75, 3.05) is 24.1 Å². The number of carbonyl (C=O) groups excluding carboxylic acids is 2. The van der Waals surface area contributed by atoms with Crippen LogP contribution < -0.4 is 11.1 Å². The fraction of sp³-hybridized carbons (Fsp3) is 0.120. The van der Waals surface area contributed by atoms with Gasteiger partial charge in [0.1, 0.15) is 0 Å². The lowest BCUT2D eigenvalue weighted by Gasteiger charge is -2.27. The predicted octanol–water partition coefficient (Wildman–Crippen LogP) is 4.67. The number of rotatable bonds is 5. The van der Waals surface area contributed by atoms with Gasteiger partial charge in [-0.05, 0) is 36.1 Å². The third-order valence-electron chi connectivity index (χ3n) is 5.69. The van der Waals surface area contributed by atoms with Crippen LogP contribution in [0.5, 0.6) is 0 Å². The highest BCUT2D eigenvalue weighted by molar-refractivity contribution is 6.25. The zero-order valence-electron chi connectivity index (χ0n) is 16.4. The second-order valence-electron chi connectivity index (χ2n) is 7.50. The summed E-state index contributed by atoms with van der Waals surface area (Å²) in [5.74, 6) is -0.440. The van der Waals surface area contributed by atoms with Crippen molar-refractivity contribution in [2.24, 2.45) is 0 Å². The minimum absolute atomic E-state index is 0.220. The van der Waals surface area contributed by atoms with Crippen LogP contribution in [-0.2, 0) is 0 Å². The van der Waals surface area contributed by atoms with Crippen molar-refractivity contribution in [2.45, 2.75) is 6.42 Å². The van der Waals surface area contributed by atoms with Crippen LogP contribution in [0.1, 0.15) is 27.1 Å². The molecule has 0 aromatic heterocycles. The van der Waals surface area contributed by atoms with E-state index >= 15 is 0 Å². The summed E-state index contributed by atoms with van der Waals surface area (Å²) in [6.07, 6.45) is 0.647. The average Bonchev–Trinajstić information content (AvgIpc) is 2.78. The number of carbonyl (C=O) groups is 2.